The van der Waals surface area contributed by atoms with Gasteiger partial charge in [0.05, 0.1) is 24.0 Å². The number of amides is 2. The number of hydrogen-bond donors (Lipinski definition) is 3. The van der Waals surface area contributed by atoms with Crippen LogP contribution < -0.4 is 21.9 Å². The van der Waals surface area contributed by atoms with E-state index in [-0.39, 0.29) is 23.7 Å². The van der Waals surface area contributed by atoms with Crippen molar-refractivity contribution >= 4 is 17.5 Å². The van der Waals surface area contributed by atoms with Crippen LogP contribution in [0.3, 0.4) is 0 Å². The van der Waals surface area contributed by atoms with E-state index in [0.717, 1.165) is 6.54 Å². The summed E-state index contributed by atoms with van der Waals surface area (Å²) in [7, 11) is 0. The van der Waals surface area contributed by atoms with Crippen molar-refractivity contribution in [1.29, 1.82) is 0 Å². The van der Waals surface area contributed by atoms with Crippen molar-refractivity contribution in [2.75, 3.05) is 25.0 Å². The lowest BCUT2D eigenvalue weighted by Gasteiger charge is -2.28. The maximum atomic E-state index is 14.6. The lowest BCUT2D eigenvalue weighted by molar-refractivity contribution is -0.123. The summed E-state index contributed by atoms with van der Waals surface area (Å²) in [6.45, 7) is 1.33. The number of anilines is 1. The first kappa shape index (κ1) is 22.2. The lowest BCUT2D eigenvalue weighted by atomic mass is 9.92. The monoisotopic (exact) mass is 441 g/mol. The van der Waals surface area contributed by atoms with E-state index in [0.29, 0.717) is 24.7 Å². The van der Waals surface area contributed by atoms with E-state index >= 15 is 0 Å². The molecule has 0 spiro atoms. The van der Waals surface area contributed by atoms with Crippen LogP contribution in [0, 0.1) is 11.7 Å². The quantitative estimate of drug-likeness (QED) is 0.571. The van der Waals surface area contributed by atoms with Crippen LogP contribution in [0.4, 0.5) is 10.1 Å². The number of benzene rings is 1. The molecule has 4 N–H and O–H groups in total. The third-order valence-corrected chi connectivity index (χ3v) is 6.29. The fourth-order valence-electron chi connectivity index (χ4n) is 4.33. The zero-order valence-electron chi connectivity index (χ0n) is 17.8. The molecule has 2 aliphatic rings. The number of nitrogens with two attached hydrogens (primary N) is 1. The highest BCUT2D eigenvalue weighted by molar-refractivity contribution is 5.93. The van der Waals surface area contributed by atoms with Gasteiger partial charge < -0.3 is 16.4 Å². The van der Waals surface area contributed by atoms with Crippen molar-refractivity contribution in [2.24, 2.45) is 11.7 Å². The number of nitrogens with zero attached hydrogens (tertiary/aromatic N) is 2. The Morgan fingerprint density at radius 2 is 2.00 bits per heavy atom. The van der Waals surface area contributed by atoms with Gasteiger partial charge in [0.25, 0.3) is 5.56 Å². The standard InChI is InChI=1S/C23H28FN5O3/c24-18-11-17(29-9-2-1-6-22(29)31)7-8-19(18)27-21(30)14-28-13-15(10-20(28)23(25)32)12-26-16-4-3-5-16/h1-2,6-9,11,15-16,20,26H,3-5,10,12-14H2,(H2,25,32)(H,27,30)/t15-,20?/m0/s1. The summed E-state index contributed by atoms with van der Waals surface area (Å²) in [4.78, 5) is 38.2. The van der Waals surface area contributed by atoms with Gasteiger partial charge >= 0.3 is 0 Å². The number of carbonyl (C=O) groups is 2. The molecular weight excluding hydrogens is 413 g/mol. The normalized spacial score (nSPS) is 21.3. The third kappa shape index (κ3) is 5.05. The minimum Gasteiger partial charge on any atom is -0.368 e. The molecular formula is C23H28FN5O3. The summed E-state index contributed by atoms with van der Waals surface area (Å²) in [5.41, 5.74) is 5.66. The molecule has 2 fully saturated rings. The highest BCUT2D eigenvalue weighted by Crippen LogP contribution is 2.25. The van der Waals surface area contributed by atoms with E-state index in [9.17, 15) is 18.8 Å². The molecule has 1 saturated carbocycles. The molecule has 1 aromatic carbocycles. The number of likely N-dealkylation sites (tertiary alicyclic amines) is 1. The Balaban J connectivity index is 1.37. The van der Waals surface area contributed by atoms with Crippen molar-refractivity contribution in [3.05, 3.63) is 58.8 Å². The van der Waals surface area contributed by atoms with Crippen molar-refractivity contribution in [2.45, 2.75) is 37.8 Å². The number of nitrogens with one attached hydrogen (secondary N) is 2. The Hall–Kier alpha value is -3.04. The van der Waals surface area contributed by atoms with E-state index in [1.54, 1.807) is 29.3 Å². The number of aromatic nitrogens is 1. The third-order valence-electron chi connectivity index (χ3n) is 6.29. The van der Waals surface area contributed by atoms with Gasteiger partial charge in [0, 0.05) is 30.9 Å². The van der Waals surface area contributed by atoms with Crippen LogP contribution in [-0.2, 0) is 9.59 Å². The van der Waals surface area contributed by atoms with Crippen LogP contribution in [-0.4, -0.2) is 53.0 Å². The summed E-state index contributed by atoms with van der Waals surface area (Å²) < 4.78 is 15.9. The molecule has 1 aliphatic heterocycles. The molecule has 2 heterocycles. The van der Waals surface area contributed by atoms with Gasteiger partial charge in [0.15, 0.2) is 0 Å². The first-order chi connectivity index (χ1) is 15.4. The van der Waals surface area contributed by atoms with Gasteiger partial charge in [-0.25, -0.2) is 4.39 Å². The smallest absolute Gasteiger partial charge is 0.255 e. The zero-order valence-corrected chi connectivity index (χ0v) is 17.8. The Kier molecular flexibility index (Phi) is 6.66. The Morgan fingerprint density at radius 3 is 2.66 bits per heavy atom. The van der Waals surface area contributed by atoms with Gasteiger partial charge in [-0.3, -0.25) is 23.9 Å². The molecule has 9 heteroatoms. The van der Waals surface area contributed by atoms with Gasteiger partial charge in [-0.05, 0) is 49.9 Å². The lowest BCUT2D eigenvalue weighted by Crippen LogP contribution is -2.44. The molecule has 1 unspecified atom stereocenters. The van der Waals surface area contributed by atoms with Crippen molar-refractivity contribution in [3.63, 3.8) is 0 Å². The van der Waals surface area contributed by atoms with E-state index in [2.05, 4.69) is 10.6 Å². The SMILES string of the molecule is NC(=O)C1C[C@@H](CNC2CCC2)CN1CC(=O)Nc1ccc(-n2ccccc2=O)cc1F. The second-order valence-corrected chi connectivity index (χ2v) is 8.61. The molecule has 4 rings (SSSR count). The number of primary amides is 1. The zero-order chi connectivity index (χ0) is 22.7. The van der Waals surface area contributed by atoms with Gasteiger partial charge in [-0.2, -0.15) is 0 Å². The summed E-state index contributed by atoms with van der Waals surface area (Å²) in [6.07, 6.45) is 5.76. The maximum absolute atomic E-state index is 14.6. The summed E-state index contributed by atoms with van der Waals surface area (Å²) in [6, 6.07) is 8.88. The van der Waals surface area contributed by atoms with Crippen molar-refractivity contribution < 1.29 is 14.0 Å². The van der Waals surface area contributed by atoms with Gasteiger partial charge in [0.1, 0.15) is 5.82 Å². The molecule has 1 aromatic heterocycles. The summed E-state index contributed by atoms with van der Waals surface area (Å²) >= 11 is 0. The fraction of sp³-hybridized carbons (Fsp3) is 0.435. The van der Waals surface area contributed by atoms with Crippen molar-refractivity contribution in [1.82, 2.24) is 14.8 Å². The van der Waals surface area contributed by atoms with Crippen molar-refractivity contribution in [3.8, 4) is 5.69 Å². The number of rotatable bonds is 8. The molecule has 2 atom stereocenters. The van der Waals surface area contributed by atoms with Crippen LogP contribution in [0.2, 0.25) is 0 Å². The second-order valence-electron chi connectivity index (χ2n) is 8.61. The molecule has 0 bridgehead atoms. The van der Waals surface area contributed by atoms with Gasteiger partial charge in [-0.15, -0.1) is 0 Å². The van der Waals surface area contributed by atoms with Crippen LogP contribution >= 0.6 is 0 Å². The second kappa shape index (κ2) is 9.62. The van der Waals surface area contributed by atoms with Gasteiger partial charge in [-0.1, -0.05) is 12.5 Å². The van der Waals surface area contributed by atoms with Gasteiger partial charge in [0.2, 0.25) is 11.8 Å². The first-order valence-electron chi connectivity index (χ1n) is 10.9. The first-order valence-corrected chi connectivity index (χ1v) is 10.9. The number of pyridine rings is 1. The number of halogens is 1. The number of carbonyl (C=O) groups excluding carboxylic acids is 2. The molecule has 0 radical (unpaired) electrons. The fourth-order valence-corrected chi connectivity index (χ4v) is 4.33. The summed E-state index contributed by atoms with van der Waals surface area (Å²) in [5, 5.41) is 6.07. The maximum Gasteiger partial charge on any atom is 0.255 e. The molecule has 32 heavy (non-hydrogen) atoms. The van der Waals surface area contributed by atoms with E-state index in [4.69, 9.17) is 5.73 Å². The average Bonchev–Trinajstić information content (AvgIpc) is 3.11. The van der Waals surface area contributed by atoms with E-state index in [1.165, 1.54) is 42.0 Å². The highest BCUT2D eigenvalue weighted by atomic mass is 19.1. The Labute approximate surface area is 185 Å². The molecule has 2 amide bonds. The van der Waals surface area contributed by atoms with E-state index in [1.807, 2.05) is 0 Å². The molecule has 1 aliphatic carbocycles. The summed E-state index contributed by atoms with van der Waals surface area (Å²) in [5.74, 6) is -1.29. The predicted octanol–water partition coefficient (Wildman–Crippen LogP) is 1.23. The largest absolute Gasteiger partial charge is 0.368 e. The van der Waals surface area contributed by atoms with E-state index < -0.39 is 23.7 Å². The van der Waals surface area contributed by atoms with Crippen LogP contribution in [0.15, 0.2) is 47.4 Å². The van der Waals surface area contributed by atoms with Crippen LogP contribution in [0.1, 0.15) is 25.7 Å². The average molecular weight is 442 g/mol. The minimum absolute atomic E-state index is 0.0146. The molecule has 170 valence electrons. The van der Waals surface area contributed by atoms with Crippen LogP contribution in [0.25, 0.3) is 5.69 Å². The highest BCUT2D eigenvalue weighted by Gasteiger charge is 2.36. The Morgan fingerprint density at radius 1 is 1.19 bits per heavy atom. The molecule has 1 saturated heterocycles. The topological polar surface area (TPSA) is 109 Å². The molecule has 2 aromatic rings. The minimum atomic E-state index is -0.651. The number of hydrogen-bond acceptors (Lipinski definition) is 5. The molecule has 8 nitrogen and oxygen atoms in total. The predicted molar refractivity (Wildman–Crippen MR) is 119 cm³/mol. The van der Waals surface area contributed by atoms with Crippen LogP contribution in [0.5, 0.6) is 0 Å². The Bertz CT molecular complexity index is 1050.